The zero-order valence-electron chi connectivity index (χ0n) is 42.0. The molecule has 2 aromatic carbocycles. The van der Waals surface area contributed by atoms with Crippen molar-refractivity contribution < 1.29 is 72.7 Å². The first-order valence-corrected chi connectivity index (χ1v) is 24.5. The van der Waals surface area contributed by atoms with Crippen LogP contribution < -0.4 is 42.0 Å². The van der Waals surface area contributed by atoms with E-state index < -0.39 is 156 Å². The molecule has 0 radical (unpaired) electrons. The molecule has 1 saturated heterocycles. The Labute approximate surface area is 428 Å². The SMILES string of the molecule is CCC(C)C1NC(=O)C(NC(=O)C(C)C(O)C(C)C)C(C)OC(=O)C2COC(=O)CNC(=O)C=CC(O)(CCl)C(C)Oc3ccc(cc3)C(NC1=O)C(=O)NC(Cc1ccccc1)C(=O)NC(C(C)O)C(=O)N2. The lowest BCUT2D eigenvalue weighted by atomic mass is 9.93. The van der Waals surface area contributed by atoms with Crippen LogP contribution in [-0.4, -0.2) is 148 Å². The molecule has 22 nitrogen and oxygen atoms in total. The number of benzene rings is 2. The Hall–Kier alpha value is -6.62. The summed E-state index contributed by atoms with van der Waals surface area (Å²) in [5.74, 6) is -12.0. The van der Waals surface area contributed by atoms with Gasteiger partial charge in [0.15, 0.2) is 6.04 Å². The maximum atomic E-state index is 14.8. The molecular formula is C50H68ClN7O15. The predicted octanol–water partition coefficient (Wildman–Crippen LogP) is -0.498. The van der Waals surface area contributed by atoms with Crippen LogP contribution >= 0.6 is 11.6 Å². The fourth-order valence-corrected chi connectivity index (χ4v) is 7.93. The Balaban J connectivity index is 2.00. The van der Waals surface area contributed by atoms with Crippen LogP contribution in [0.4, 0.5) is 0 Å². The Morgan fingerprint density at radius 1 is 0.795 bits per heavy atom. The van der Waals surface area contributed by atoms with Crippen LogP contribution in [0, 0.1) is 17.8 Å². The van der Waals surface area contributed by atoms with E-state index in [9.17, 15) is 58.5 Å². The van der Waals surface area contributed by atoms with Crippen molar-refractivity contribution in [3.05, 3.63) is 77.9 Å². The van der Waals surface area contributed by atoms with E-state index in [0.29, 0.717) is 5.56 Å². The number of alkyl halides is 1. The second-order valence-corrected chi connectivity index (χ2v) is 19.0. The van der Waals surface area contributed by atoms with Gasteiger partial charge in [-0.2, -0.15) is 0 Å². The number of fused-ring (bicyclic) bond motifs is 11. The Kier molecular flexibility index (Phi) is 21.7. The van der Waals surface area contributed by atoms with Gasteiger partial charge in [-0.3, -0.25) is 38.4 Å². The van der Waals surface area contributed by atoms with Gasteiger partial charge in [-0.1, -0.05) is 83.5 Å². The van der Waals surface area contributed by atoms with E-state index >= 15 is 0 Å². The van der Waals surface area contributed by atoms with E-state index in [1.807, 2.05) is 0 Å². The number of amides is 7. The van der Waals surface area contributed by atoms with Gasteiger partial charge in [0.2, 0.25) is 41.4 Å². The molecule has 0 aromatic heterocycles. The van der Waals surface area contributed by atoms with E-state index in [4.69, 9.17) is 25.8 Å². The van der Waals surface area contributed by atoms with Crippen molar-refractivity contribution in [2.24, 2.45) is 17.8 Å². The zero-order valence-corrected chi connectivity index (χ0v) is 42.8. The molecule has 1 fully saturated rings. The molecule has 23 heteroatoms. The average molecular weight is 1040 g/mol. The lowest BCUT2D eigenvalue weighted by Gasteiger charge is -2.32. The second kappa shape index (κ2) is 26.9. The number of carbonyl (C=O) groups excluding carboxylic acids is 9. The number of carbonyl (C=O) groups is 9. The van der Waals surface area contributed by atoms with Crippen molar-refractivity contribution in [2.75, 3.05) is 19.0 Å². The summed E-state index contributed by atoms with van der Waals surface area (Å²) >= 11 is 6.15. The molecule has 4 bridgehead atoms. The van der Waals surface area contributed by atoms with Crippen LogP contribution in [0.1, 0.15) is 79.0 Å². The lowest BCUT2D eigenvalue weighted by Crippen LogP contribution is -2.61. The molecule has 3 heterocycles. The van der Waals surface area contributed by atoms with Crippen LogP contribution in [0.5, 0.6) is 5.75 Å². The van der Waals surface area contributed by atoms with Crippen LogP contribution in [0.15, 0.2) is 66.7 Å². The van der Waals surface area contributed by atoms with E-state index in [-0.39, 0.29) is 24.2 Å². The summed E-state index contributed by atoms with van der Waals surface area (Å²) in [4.78, 5) is 126. The van der Waals surface area contributed by atoms with E-state index in [1.165, 1.54) is 45.0 Å². The molecule has 0 aliphatic carbocycles. The molecule has 13 atom stereocenters. The highest BCUT2D eigenvalue weighted by atomic mass is 35.5. The number of aliphatic hydroxyl groups excluding tert-OH is 2. The highest BCUT2D eigenvalue weighted by Gasteiger charge is 2.41. The number of hydrogen-bond acceptors (Lipinski definition) is 15. The first kappa shape index (κ1) is 58.9. The van der Waals surface area contributed by atoms with Crippen molar-refractivity contribution in [1.29, 1.82) is 0 Å². The second-order valence-electron chi connectivity index (χ2n) is 18.7. The minimum absolute atomic E-state index is 0.118. The zero-order chi connectivity index (χ0) is 54.3. The number of cyclic esters (lactones) is 1. The van der Waals surface area contributed by atoms with Gasteiger partial charge in [0.25, 0.3) is 0 Å². The molecule has 0 saturated carbocycles. The third kappa shape index (κ3) is 16.4. The molecule has 2 aromatic rings. The number of hydrogen-bond donors (Lipinski definition) is 10. The van der Waals surface area contributed by atoms with Gasteiger partial charge in [-0.15, -0.1) is 11.6 Å². The summed E-state index contributed by atoms with van der Waals surface area (Å²) < 4.78 is 17.0. The molecule has 0 spiro atoms. The number of ether oxygens (including phenoxy) is 3. The normalized spacial score (nSPS) is 28.1. The number of aliphatic hydroxyl groups is 3. The first-order valence-electron chi connectivity index (χ1n) is 24.0. The quantitative estimate of drug-likeness (QED) is 0.106. The Morgan fingerprint density at radius 3 is 2.03 bits per heavy atom. The molecule has 7 amide bonds. The summed E-state index contributed by atoms with van der Waals surface area (Å²) in [6.45, 7) is 10.1. The van der Waals surface area contributed by atoms with Gasteiger partial charge in [-0.25, -0.2) is 4.79 Å². The maximum absolute atomic E-state index is 14.8. The standard InChI is InChI=1S/C50H68ClN7O15/c1-9-26(4)38-45(65)58-41-32-15-17-33(18-16-32)73-30(8)50(70,24-51)20-19-36(60)52-22-37(61)71-23-35(49(69)72-29(7)40(47(67)55-38)57-43(63)27(5)42(62)25(2)3)54-46(66)39(28(6)59)56-44(64)34(53-48(41)68)21-31-13-11-10-12-14-31/h10-20,25-30,34-35,38-42,59,62,70H,9,21-24H2,1-8H3,(H,52,60)(H,53,68)(H,54,66)(H,55,67)(H,56,64)(H,57,63)(H,58,65). The van der Waals surface area contributed by atoms with E-state index in [2.05, 4.69) is 37.2 Å². The number of nitrogens with one attached hydrogen (secondary N) is 7. The number of esters is 2. The fraction of sp³-hybridized carbons (Fsp3) is 0.540. The summed E-state index contributed by atoms with van der Waals surface area (Å²) in [6.07, 6.45) is -3.64. The smallest absolute Gasteiger partial charge is 0.332 e. The maximum Gasteiger partial charge on any atom is 0.332 e. The minimum Gasteiger partial charge on any atom is -0.487 e. The molecule has 400 valence electrons. The Bertz CT molecular complexity index is 2320. The summed E-state index contributed by atoms with van der Waals surface area (Å²) in [5, 5.41) is 50.7. The van der Waals surface area contributed by atoms with Gasteiger partial charge in [0, 0.05) is 12.5 Å². The first-order chi connectivity index (χ1) is 34.4. The highest BCUT2D eigenvalue weighted by Crippen LogP contribution is 2.25. The summed E-state index contributed by atoms with van der Waals surface area (Å²) in [6, 6.07) is 3.79. The van der Waals surface area contributed by atoms with Gasteiger partial charge in [0.05, 0.1) is 24.0 Å². The van der Waals surface area contributed by atoms with Crippen molar-refractivity contribution in [1.82, 2.24) is 37.2 Å². The Morgan fingerprint density at radius 2 is 1.42 bits per heavy atom. The van der Waals surface area contributed by atoms with Crippen molar-refractivity contribution in [3.8, 4) is 5.75 Å². The topological polar surface area (TPSA) is 326 Å². The largest absolute Gasteiger partial charge is 0.487 e. The monoisotopic (exact) mass is 1040 g/mol. The van der Waals surface area contributed by atoms with Gasteiger partial charge in [-0.05, 0) is 61.9 Å². The third-order valence-electron chi connectivity index (χ3n) is 12.7. The minimum atomic E-state index is -1.98. The van der Waals surface area contributed by atoms with Crippen molar-refractivity contribution in [3.63, 3.8) is 0 Å². The van der Waals surface area contributed by atoms with Crippen LogP contribution in [0.3, 0.4) is 0 Å². The van der Waals surface area contributed by atoms with E-state index in [1.54, 1.807) is 58.0 Å². The number of rotatable bonds is 10. The van der Waals surface area contributed by atoms with Crippen molar-refractivity contribution in [2.45, 2.75) is 134 Å². The predicted molar refractivity (Wildman–Crippen MR) is 263 cm³/mol. The van der Waals surface area contributed by atoms with Gasteiger partial charge in [0.1, 0.15) is 66.9 Å². The summed E-state index contributed by atoms with van der Waals surface area (Å²) in [7, 11) is 0. The summed E-state index contributed by atoms with van der Waals surface area (Å²) in [5.41, 5.74) is -1.32. The molecule has 5 rings (SSSR count). The van der Waals surface area contributed by atoms with Gasteiger partial charge < -0.3 is 66.7 Å². The molecule has 3 aliphatic rings. The third-order valence-corrected chi connectivity index (χ3v) is 13.1. The molecule has 73 heavy (non-hydrogen) atoms. The fourth-order valence-electron chi connectivity index (χ4n) is 7.63. The molecule has 10 N–H and O–H groups in total. The average Bonchev–Trinajstić information content (AvgIpc) is 3.36. The van der Waals surface area contributed by atoms with Crippen LogP contribution in [0.2, 0.25) is 0 Å². The molecular weight excluding hydrogens is 974 g/mol. The number of halogens is 1. The molecule has 13 unspecified atom stereocenters. The van der Waals surface area contributed by atoms with Crippen LogP contribution in [-0.2, 0) is 59.0 Å². The lowest BCUT2D eigenvalue weighted by molar-refractivity contribution is -0.160. The van der Waals surface area contributed by atoms with Gasteiger partial charge >= 0.3 is 11.9 Å². The van der Waals surface area contributed by atoms with Crippen molar-refractivity contribution >= 4 is 64.9 Å². The molecule has 3 aliphatic heterocycles. The van der Waals surface area contributed by atoms with E-state index in [0.717, 1.165) is 19.1 Å². The highest BCUT2D eigenvalue weighted by molar-refractivity contribution is 6.18. The van der Waals surface area contributed by atoms with Crippen LogP contribution in [0.25, 0.3) is 0 Å².